The van der Waals surface area contributed by atoms with Crippen LogP contribution in [0.5, 0.6) is 0 Å². The number of carbonyl (C=O) groups is 3. The summed E-state index contributed by atoms with van der Waals surface area (Å²) in [6.45, 7) is 7.30. The molecule has 0 unspecified atom stereocenters. The van der Waals surface area contributed by atoms with Crippen LogP contribution in [0.1, 0.15) is 44.9 Å². The van der Waals surface area contributed by atoms with Crippen molar-refractivity contribution in [3.8, 4) is 0 Å². The van der Waals surface area contributed by atoms with Crippen molar-refractivity contribution < 1.29 is 19.1 Å². The molecule has 4 amide bonds. The number of ether oxygens (including phenoxy) is 1. The Bertz CT molecular complexity index is 1090. The van der Waals surface area contributed by atoms with Crippen LogP contribution in [0.4, 0.5) is 21.0 Å². The summed E-state index contributed by atoms with van der Waals surface area (Å²) in [5.74, 6) is -0.494. The summed E-state index contributed by atoms with van der Waals surface area (Å²) >= 11 is 0. The third kappa shape index (κ3) is 5.71. The Hall–Kier alpha value is -3.81. The van der Waals surface area contributed by atoms with Gasteiger partial charge in [-0.1, -0.05) is 31.2 Å². The van der Waals surface area contributed by atoms with Crippen LogP contribution in [0.25, 0.3) is 0 Å². The average molecular weight is 451 g/mol. The Morgan fingerprint density at radius 2 is 1.73 bits per heavy atom. The molecule has 3 N–H and O–H groups in total. The molecule has 0 aliphatic carbocycles. The highest BCUT2D eigenvalue weighted by atomic mass is 16.5. The zero-order chi connectivity index (χ0) is 24.1. The van der Waals surface area contributed by atoms with Gasteiger partial charge in [-0.2, -0.15) is 0 Å². The Morgan fingerprint density at radius 1 is 1.09 bits per heavy atom. The van der Waals surface area contributed by atoms with Crippen molar-refractivity contribution in [1.29, 1.82) is 0 Å². The molecule has 0 bridgehead atoms. The van der Waals surface area contributed by atoms with E-state index in [1.807, 2.05) is 31.2 Å². The number of amides is 4. The van der Waals surface area contributed by atoms with Gasteiger partial charge in [-0.25, -0.2) is 14.4 Å². The maximum Gasteiger partial charge on any atom is 0.338 e. The van der Waals surface area contributed by atoms with Gasteiger partial charge in [-0.15, -0.1) is 0 Å². The molecule has 1 aliphatic heterocycles. The van der Waals surface area contributed by atoms with Crippen molar-refractivity contribution in [1.82, 2.24) is 10.2 Å². The second kappa shape index (κ2) is 10.2. The molecule has 1 aliphatic rings. The van der Waals surface area contributed by atoms with E-state index >= 15 is 0 Å². The minimum Gasteiger partial charge on any atom is -0.459 e. The fraction of sp³-hybridized carbons (Fsp3) is 0.320. The summed E-state index contributed by atoms with van der Waals surface area (Å²) < 4.78 is 5.42. The van der Waals surface area contributed by atoms with E-state index < -0.39 is 12.0 Å². The lowest BCUT2D eigenvalue weighted by Crippen LogP contribution is -2.46. The Morgan fingerprint density at radius 3 is 2.36 bits per heavy atom. The Kier molecular flexibility index (Phi) is 7.37. The summed E-state index contributed by atoms with van der Waals surface area (Å²) in [6, 6.07) is 13.2. The fourth-order valence-corrected chi connectivity index (χ4v) is 3.59. The maximum atomic E-state index is 12.8. The lowest BCUT2D eigenvalue weighted by Gasteiger charge is -2.33. The van der Waals surface area contributed by atoms with E-state index in [4.69, 9.17) is 4.74 Å². The summed E-state index contributed by atoms with van der Waals surface area (Å²) in [5, 5.41) is 8.48. The molecule has 0 aromatic heterocycles. The highest BCUT2D eigenvalue weighted by molar-refractivity contribution is 6.00. The third-order valence-corrected chi connectivity index (χ3v) is 5.39. The number of urea groups is 2. The minimum atomic E-state index is -0.703. The molecule has 3 rings (SSSR count). The predicted octanol–water partition coefficient (Wildman–Crippen LogP) is 4.81. The number of anilines is 2. The van der Waals surface area contributed by atoms with Crippen LogP contribution in [0, 0.1) is 0 Å². The monoisotopic (exact) mass is 450 g/mol. The van der Waals surface area contributed by atoms with Crippen molar-refractivity contribution in [2.24, 2.45) is 0 Å². The molecule has 0 fully saturated rings. The molecule has 0 spiro atoms. The summed E-state index contributed by atoms with van der Waals surface area (Å²) in [7, 11) is 1.60. The molecule has 8 nitrogen and oxygen atoms in total. The highest BCUT2D eigenvalue weighted by Crippen LogP contribution is 2.32. The van der Waals surface area contributed by atoms with Crippen LogP contribution in [0.2, 0.25) is 0 Å². The molecule has 0 saturated heterocycles. The minimum absolute atomic E-state index is 0.302. The number of aryl methyl sites for hydroxylation is 1. The second-order valence-corrected chi connectivity index (χ2v) is 8.15. The second-order valence-electron chi connectivity index (χ2n) is 8.15. The maximum absolute atomic E-state index is 12.8. The standard InChI is InChI=1S/C25H30N4O4/c1-6-17-9-7-11-19(13-17)26-24(31)27-20-12-8-10-18(14-20)22-21(23(30)33-15(2)3)16(4)29(5)25(32)28-22/h7-15,22H,6H2,1-5H3,(H,28,32)(H2,26,27,31)/t22-/m0/s1. The zero-order valence-electron chi connectivity index (χ0n) is 19.6. The lowest BCUT2D eigenvalue weighted by atomic mass is 9.94. The van der Waals surface area contributed by atoms with Crippen LogP contribution < -0.4 is 16.0 Å². The number of nitrogens with one attached hydrogen (secondary N) is 3. The molecule has 0 saturated carbocycles. The van der Waals surface area contributed by atoms with Crippen LogP contribution in [-0.2, 0) is 16.0 Å². The van der Waals surface area contributed by atoms with Crippen LogP contribution in [0.3, 0.4) is 0 Å². The van der Waals surface area contributed by atoms with Gasteiger partial charge >= 0.3 is 18.0 Å². The number of nitrogens with zero attached hydrogens (tertiary/aromatic N) is 1. The normalized spacial score (nSPS) is 15.9. The Labute approximate surface area is 194 Å². The van der Waals surface area contributed by atoms with E-state index in [1.165, 1.54) is 4.90 Å². The topological polar surface area (TPSA) is 99.8 Å². The van der Waals surface area contributed by atoms with Gasteiger partial charge in [-0.05, 0) is 62.6 Å². The van der Waals surface area contributed by atoms with Crippen molar-refractivity contribution in [2.45, 2.75) is 46.3 Å². The average Bonchev–Trinajstić information content (AvgIpc) is 2.76. The largest absolute Gasteiger partial charge is 0.459 e. The van der Waals surface area contributed by atoms with Gasteiger partial charge in [0.25, 0.3) is 0 Å². The van der Waals surface area contributed by atoms with E-state index in [2.05, 4.69) is 16.0 Å². The number of esters is 1. The molecule has 0 radical (unpaired) electrons. The molecule has 1 atom stereocenters. The van der Waals surface area contributed by atoms with E-state index in [1.54, 1.807) is 52.1 Å². The molecule has 174 valence electrons. The van der Waals surface area contributed by atoms with Crippen LogP contribution in [0.15, 0.2) is 59.8 Å². The molecule has 2 aromatic rings. The van der Waals surface area contributed by atoms with Gasteiger partial charge in [0.15, 0.2) is 0 Å². The number of hydrogen-bond donors (Lipinski definition) is 3. The van der Waals surface area contributed by atoms with Gasteiger partial charge in [-0.3, -0.25) is 0 Å². The first-order chi connectivity index (χ1) is 15.7. The quantitative estimate of drug-likeness (QED) is 0.550. The predicted molar refractivity (Wildman–Crippen MR) is 128 cm³/mol. The van der Waals surface area contributed by atoms with Gasteiger partial charge in [0.2, 0.25) is 0 Å². The first-order valence-corrected chi connectivity index (χ1v) is 10.9. The van der Waals surface area contributed by atoms with Crippen molar-refractivity contribution in [2.75, 3.05) is 17.7 Å². The number of hydrogen-bond acceptors (Lipinski definition) is 4. The number of carbonyl (C=O) groups excluding carboxylic acids is 3. The van der Waals surface area contributed by atoms with E-state index in [0.29, 0.717) is 28.2 Å². The van der Waals surface area contributed by atoms with Crippen molar-refractivity contribution in [3.05, 3.63) is 70.9 Å². The van der Waals surface area contributed by atoms with Gasteiger partial charge in [0, 0.05) is 24.1 Å². The number of rotatable bonds is 6. The first-order valence-electron chi connectivity index (χ1n) is 10.9. The summed E-state index contributed by atoms with van der Waals surface area (Å²) in [5.41, 5.74) is 3.86. The van der Waals surface area contributed by atoms with Crippen molar-refractivity contribution >= 4 is 29.4 Å². The highest BCUT2D eigenvalue weighted by Gasteiger charge is 2.35. The van der Waals surface area contributed by atoms with Gasteiger partial charge in [0.05, 0.1) is 17.7 Å². The molecule has 8 heteroatoms. The lowest BCUT2D eigenvalue weighted by molar-refractivity contribution is -0.143. The molecular formula is C25H30N4O4. The van der Waals surface area contributed by atoms with Crippen molar-refractivity contribution in [3.63, 3.8) is 0 Å². The Balaban J connectivity index is 1.83. The van der Waals surface area contributed by atoms with Gasteiger partial charge < -0.3 is 25.6 Å². The van der Waals surface area contributed by atoms with Crippen LogP contribution >= 0.6 is 0 Å². The summed E-state index contributed by atoms with van der Waals surface area (Å²) in [4.78, 5) is 39.2. The molecular weight excluding hydrogens is 420 g/mol. The number of benzene rings is 2. The van der Waals surface area contributed by atoms with Gasteiger partial charge in [0.1, 0.15) is 0 Å². The molecule has 1 heterocycles. The fourth-order valence-electron chi connectivity index (χ4n) is 3.59. The zero-order valence-corrected chi connectivity index (χ0v) is 19.6. The summed E-state index contributed by atoms with van der Waals surface area (Å²) in [6.07, 6.45) is 0.569. The molecule has 2 aromatic carbocycles. The van der Waals surface area contributed by atoms with E-state index in [9.17, 15) is 14.4 Å². The third-order valence-electron chi connectivity index (χ3n) is 5.39. The van der Waals surface area contributed by atoms with Crippen LogP contribution in [-0.4, -0.2) is 36.1 Å². The van der Waals surface area contributed by atoms with E-state index in [0.717, 1.165) is 12.0 Å². The smallest absolute Gasteiger partial charge is 0.338 e. The molecule has 33 heavy (non-hydrogen) atoms. The first kappa shape index (κ1) is 23.8. The SMILES string of the molecule is CCc1cccc(NC(=O)Nc2cccc([C@@H]3NC(=O)N(C)C(C)=C3C(=O)OC(C)C)c2)c1. The number of allylic oxidation sites excluding steroid dienone is 1. The van der Waals surface area contributed by atoms with E-state index in [-0.39, 0.29) is 18.2 Å².